The number of ether oxygens (including phenoxy) is 1. The maximum Gasteiger partial charge on any atom is 0.0667 e. The molecule has 0 amide bonds. The lowest BCUT2D eigenvalue weighted by Gasteiger charge is -2.40. The van der Waals surface area contributed by atoms with Gasteiger partial charge in [0.25, 0.3) is 0 Å². The second-order valence-corrected chi connectivity index (χ2v) is 7.87. The molecule has 0 bridgehead atoms. The van der Waals surface area contributed by atoms with Crippen LogP contribution in [0.4, 0.5) is 0 Å². The van der Waals surface area contributed by atoms with Crippen LogP contribution in [0.3, 0.4) is 0 Å². The summed E-state index contributed by atoms with van der Waals surface area (Å²) in [5.74, 6) is 0.612. The maximum absolute atomic E-state index is 6.26. The van der Waals surface area contributed by atoms with Crippen molar-refractivity contribution >= 4 is 0 Å². The predicted octanol–water partition coefficient (Wildman–Crippen LogP) is 3.99. The fourth-order valence-electron chi connectivity index (χ4n) is 4.13. The Hall–Kier alpha value is -0.0800. The summed E-state index contributed by atoms with van der Waals surface area (Å²) in [4.78, 5) is 0. The van der Waals surface area contributed by atoms with Crippen LogP contribution in [0.1, 0.15) is 68.2 Å². The summed E-state index contributed by atoms with van der Waals surface area (Å²) in [5, 5.41) is 3.53. The number of rotatable bonds is 5. The zero-order valence-electron chi connectivity index (χ0n) is 13.7. The highest BCUT2D eigenvalue weighted by Crippen LogP contribution is 2.51. The molecule has 1 rings (SSSR count). The monoisotopic (exact) mass is 255 g/mol. The van der Waals surface area contributed by atoms with Crippen LogP contribution in [0.2, 0.25) is 0 Å². The van der Waals surface area contributed by atoms with E-state index in [1.165, 1.54) is 6.42 Å². The Kier molecular flexibility index (Phi) is 4.55. The van der Waals surface area contributed by atoms with Crippen molar-refractivity contribution in [1.29, 1.82) is 0 Å². The van der Waals surface area contributed by atoms with Crippen LogP contribution in [0.15, 0.2) is 0 Å². The van der Waals surface area contributed by atoms with Gasteiger partial charge in [-0.2, -0.15) is 0 Å². The average molecular weight is 255 g/mol. The van der Waals surface area contributed by atoms with Crippen LogP contribution in [-0.4, -0.2) is 23.8 Å². The van der Waals surface area contributed by atoms with Gasteiger partial charge in [0.05, 0.1) is 11.2 Å². The topological polar surface area (TPSA) is 21.3 Å². The normalized spacial score (nSPS) is 28.3. The SMILES string of the molecule is CCNC(C)CC(C)(C)C1CC(C)(C)OC1(C)C. The fourth-order valence-corrected chi connectivity index (χ4v) is 4.13. The van der Waals surface area contributed by atoms with E-state index in [-0.39, 0.29) is 11.2 Å². The number of hydrogen-bond acceptors (Lipinski definition) is 2. The summed E-state index contributed by atoms with van der Waals surface area (Å²) in [6, 6.07) is 0.574. The standard InChI is InChI=1S/C16H33NO/c1-9-17-12(2)10-14(3,4)13-11-15(5,6)18-16(13,7)8/h12-13,17H,9-11H2,1-8H3. The highest BCUT2D eigenvalue weighted by Gasteiger charge is 2.51. The molecule has 2 atom stereocenters. The van der Waals surface area contributed by atoms with Crippen LogP contribution < -0.4 is 5.32 Å². The molecular formula is C16H33NO. The van der Waals surface area contributed by atoms with Crippen molar-refractivity contribution in [2.75, 3.05) is 6.54 Å². The molecule has 1 fully saturated rings. The van der Waals surface area contributed by atoms with Crippen LogP contribution in [0.25, 0.3) is 0 Å². The molecule has 0 aliphatic carbocycles. The summed E-state index contributed by atoms with van der Waals surface area (Å²) in [7, 11) is 0. The molecule has 0 saturated carbocycles. The highest BCUT2D eigenvalue weighted by atomic mass is 16.5. The molecule has 1 heterocycles. The van der Waals surface area contributed by atoms with E-state index in [0.29, 0.717) is 17.4 Å². The highest BCUT2D eigenvalue weighted by molar-refractivity contribution is 5.00. The summed E-state index contributed by atoms with van der Waals surface area (Å²) in [6.45, 7) is 19.3. The largest absolute Gasteiger partial charge is 0.369 e. The molecule has 108 valence electrons. The molecule has 0 aromatic rings. The van der Waals surface area contributed by atoms with Gasteiger partial charge >= 0.3 is 0 Å². The van der Waals surface area contributed by atoms with Gasteiger partial charge in [0.1, 0.15) is 0 Å². The van der Waals surface area contributed by atoms with E-state index in [4.69, 9.17) is 4.74 Å². The molecule has 2 heteroatoms. The second kappa shape index (κ2) is 5.13. The van der Waals surface area contributed by atoms with Gasteiger partial charge in [-0.15, -0.1) is 0 Å². The molecule has 1 aliphatic heterocycles. The third-order valence-corrected chi connectivity index (χ3v) is 4.40. The average Bonchev–Trinajstić information content (AvgIpc) is 2.34. The molecule has 0 aromatic heterocycles. The Bertz CT molecular complexity index is 281. The van der Waals surface area contributed by atoms with Crippen LogP contribution in [0, 0.1) is 11.3 Å². The molecule has 1 saturated heterocycles. The fraction of sp³-hybridized carbons (Fsp3) is 1.00. The summed E-state index contributed by atoms with van der Waals surface area (Å²) >= 11 is 0. The molecule has 0 spiro atoms. The van der Waals surface area contributed by atoms with E-state index < -0.39 is 0 Å². The molecule has 1 aliphatic rings. The minimum absolute atomic E-state index is 0.0149. The van der Waals surface area contributed by atoms with Gasteiger partial charge in [0, 0.05) is 6.04 Å². The maximum atomic E-state index is 6.26. The van der Waals surface area contributed by atoms with Crippen molar-refractivity contribution in [3.8, 4) is 0 Å². The van der Waals surface area contributed by atoms with Gasteiger partial charge in [-0.1, -0.05) is 20.8 Å². The van der Waals surface area contributed by atoms with Gasteiger partial charge < -0.3 is 10.1 Å². The lowest BCUT2D eigenvalue weighted by Crippen LogP contribution is -2.41. The second-order valence-electron chi connectivity index (χ2n) is 7.87. The van der Waals surface area contributed by atoms with Gasteiger partial charge in [-0.3, -0.25) is 0 Å². The van der Waals surface area contributed by atoms with Crippen molar-refractivity contribution in [3.05, 3.63) is 0 Å². The molecule has 2 unspecified atom stereocenters. The zero-order valence-corrected chi connectivity index (χ0v) is 13.7. The van der Waals surface area contributed by atoms with Crippen molar-refractivity contribution in [1.82, 2.24) is 5.32 Å². The first-order valence-electron chi connectivity index (χ1n) is 7.44. The minimum Gasteiger partial charge on any atom is -0.369 e. The molecule has 0 aromatic carbocycles. The zero-order chi connectivity index (χ0) is 14.2. The lowest BCUT2D eigenvalue weighted by molar-refractivity contribution is -0.0878. The van der Waals surface area contributed by atoms with Crippen molar-refractivity contribution < 1.29 is 4.74 Å². The third-order valence-electron chi connectivity index (χ3n) is 4.40. The number of nitrogens with one attached hydrogen (secondary N) is 1. The van der Waals surface area contributed by atoms with E-state index in [9.17, 15) is 0 Å². The van der Waals surface area contributed by atoms with Crippen molar-refractivity contribution in [2.45, 2.75) is 85.5 Å². The molecular weight excluding hydrogens is 222 g/mol. The predicted molar refractivity (Wildman–Crippen MR) is 78.9 cm³/mol. The van der Waals surface area contributed by atoms with Crippen molar-refractivity contribution in [2.24, 2.45) is 11.3 Å². The molecule has 18 heavy (non-hydrogen) atoms. The van der Waals surface area contributed by atoms with Crippen LogP contribution in [0.5, 0.6) is 0 Å². The minimum atomic E-state index is -0.0149. The van der Waals surface area contributed by atoms with E-state index in [1.54, 1.807) is 0 Å². The van der Waals surface area contributed by atoms with E-state index >= 15 is 0 Å². The van der Waals surface area contributed by atoms with Gasteiger partial charge in [0.2, 0.25) is 0 Å². The Balaban J connectivity index is 2.78. The summed E-state index contributed by atoms with van der Waals surface area (Å²) in [5.41, 5.74) is 0.310. The summed E-state index contributed by atoms with van der Waals surface area (Å²) < 4.78 is 6.26. The van der Waals surface area contributed by atoms with Gasteiger partial charge in [0.15, 0.2) is 0 Å². The van der Waals surface area contributed by atoms with E-state index in [2.05, 4.69) is 60.7 Å². The summed E-state index contributed by atoms with van der Waals surface area (Å²) in [6.07, 6.45) is 2.36. The molecule has 1 N–H and O–H groups in total. The van der Waals surface area contributed by atoms with Crippen LogP contribution in [-0.2, 0) is 4.74 Å². The Morgan fingerprint density at radius 3 is 2.22 bits per heavy atom. The molecule has 0 radical (unpaired) electrons. The Morgan fingerprint density at radius 2 is 1.83 bits per heavy atom. The third kappa shape index (κ3) is 3.71. The van der Waals surface area contributed by atoms with E-state index in [1.807, 2.05) is 0 Å². The van der Waals surface area contributed by atoms with Gasteiger partial charge in [-0.25, -0.2) is 0 Å². The quantitative estimate of drug-likeness (QED) is 0.802. The smallest absolute Gasteiger partial charge is 0.0667 e. The first-order chi connectivity index (χ1) is 8.00. The molecule has 2 nitrogen and oxygen atoms in total. The number of hydrogen-bond donors (Lipinski definition) is 1. The van der Waals surface area contributed by atoms with Crippen LogP contribution >= 0.6 is 0 Å². The van der Waals surface area contributed by atoms with Gasteiger partial charge in [-0.05, 0) is 65.3 Å². The van der Waals surface area contributed by atoms with Crippen molar-refractivity contribution in [3.63, 3.8) is 0 Å². The first-order valence-corrected chi connectivity index (χ1v) is 7.44. The van der Waals surface area contributed by atoms with E-state index in [0.717, 1.165) is 13.0 Å². The first kappa shape index (κ1) is 16.0. The Labute approximate surface area is 114 Å². The lowest BCUT2D eigenvalue weighted by atomic mass is 9.66. The Morgan fingerprint density at radius 1 is 1.28 bits per heavy atom.